The van der Waals surface area contributed by atoms with Crippen molar-refractivity contribution in [2.24, 2.45) is 0 Å². The molecule has 0 spiro atoms. The van der Waals surface area contributed by atoms with Crippen molar-refractivity contribution in [3.8, 4) is 11.5 Å². The van der Waals surface area contributed by atoms with Crippen LogP contribution in [0.3, 0.4) is 0 Å². The average molecular weight is 375 g/mol. The Kier molecular flexibility index (Phi) is 6.41. The lowest BCUT2D eigenvalue weighted by Gasteiger charge is -2.10. The SMILES string of the molecule is CC(=O)c1cccc(NC(=O)COc2ccc(OCc3ccccc3)cc2)c1. The van der Waals surface area contributed by atoms with Gasteiger partial charge in [-0.3, -0.25) is 9.59 Å². The molecule has 142 valence electrons. The van der Waals surface area contributed by atoms with Crippen LogP contribution in [-0.4, -0.2) is 18.3 Å². The average Bonchev–Trinajstić information content (AvgIpc) is 2.72. The molecule has 0 saturated heterocycles. The molecule has 0 aliphatic rings. The van der Waals surface area contributed by atoms with Gasteiger partial charge < -0.3 is 14.8 Å². The zero-order valence-corrected chi connectivity index (χ0v) is 15.6. The van der Waals surface area contributed by atoms with Gasteiger partial charge >= 0.3 is 0 Å². The number of amides is 1. The fourth-order valence-electron chi connectivity index (χ4n) is 2.53. The van der Waals surface area contributed by atoms with E-state index in [2.05, 4.69) is 5.32 Å². The number of Topliss-reactive ketones (excluding diaryl/α,β-unsaturated/α-hetero) is 1. The van der Waals surface area contributed by atoms with Crippen LogP contribution in [0.5, 0.6) is 11.5 Å². The molecular weight excluding hydrogens is 354 g/mol. The lowest BCUT2D eigenvalue weighted by molar-refractivity contribution is -0.118. The van der Waals surface area contributed by atoms with E-state index >= 15 is 0 Å². The molecule has 0 heterocycles. The monoisotopic (exact) mass is 375 g/mol. The first kappa shape index (κ1) is 19.2. The first-order valence-corrected chi connectivity index (χ1v) is 8.90. The standard InChI is InChI=1S/C23H21NO4/c1-17(25)19-8-5-9-20(14-19)24-23(26)16-28-22-12-10-21(11-13-22)27-15-18-6-3-2-4-7-18/h2-14H,15-16H2,1H3,(H,24,26). The van der Waals surface area contributed by atoms with Crippen molar-refractivity contribution >= 4 is 17.4 Å². The van der Waals surface area contributed by atoms with Crippen molar-refractivity contribution in [2.45, 2.75) is 13.5 Å². The molecule has 0 bridgehead atoms. The van der Waals surface area contributed by atoms with Crippen LogP contribution >= 0.6 is 0 Å². The van der Waals surface area contributed by atoms with Crippen molar-refractivity contribution in [3.63, 3.8) is 0 Å². The number of ether oxygens (including phenoxy) is 2. The number of carbonyl (C=O) groups excluding carboxylic acids is 2. The lowest BCUT2D eigenvalue weighted by Crippen LogP contribution is -2.20. The number of carbonyl (C=O) groups is 2. The number of hydrogen-bond donors (Lipinski definition) is 1. The fourth-order valence-corrected chi connectivity index (χ4v) is 2.53. The van der Waals surface area contributed by atoms with Gasteiger partial charge in [-0.1, -0.05) is 42.5 Å². The molecule has 3 aromatic rings. The summed E-state index contributed by atoms with van der Waals surface area (Å²) >= 11 is 0. The minimum absolute atomic E-state index is 0.0538. The summed E-state index contributed by atoms with van der Waals surface area (Å²) in [5.41, 5.74) is 2.20. The summed E-state index contributed by atoms with van der Waals surface area (Å²) in [4.78, 5) is 23.4. The molecule has 5 heteroatoms. The molecule has 28 heavy (non-hydrogen) atoms. The van der Waals surface area contributed by atoms with Gasteiger partial charge in [0.25, 0.3) is 5.91 Å². The highest BCUT2D eigenvalue weighted by atomic mass is 16.5. The zero-order chi connectivity index (χ0) is 19.8. The number of hydrogen-bond acceptors (Lipinski definition) is 4. The second-order valence-corrected chi connectivity index (χ2v) is 6.22. The van der Waals surface area contributed by atoms with Crippen molar-refractivity contribution in [3.05, 3.63) is 90.0 Å². The number of anilines is 1. The number of nitrogens with one attached hydrogen (secondary N) is 1. The Morgan fingerprint density at radius 3 is 2.18 bits per heavy atom. The topological polar surface area (TPSA) is 64.6 Å². The molecule has 0 fully saturated rings. The highest BCUT2D eigenvalue weighted by Gasteiger charge is 2.06. The van der Waals surface area contributed by atoms with Crippen LogP contribution in [0.1, 0.15) is 22.8 Å². The number of rotatable bonds is 8. The summed E-state index contributed by atoms with van der Waals surface area (Å²) in [5, 5.41) is 2.72. The van der Waals surface area contributed by atoms with Gasteiger partial charge in [-0.25, -0.2) is 0 Å². The van der Waals surface area contributed by atoms with Gasteiger partial charge in [-0.2, -0.15) is 0 Å². The summed E-state index contributed by atoms with van der Waals surface area (Å²) in [7, 11) is 0. The first-order valence-electron chi connectivity index (χ1n) is 8.90. The third-order valence-electron chi connectivity index (χ3n) is 3.99. The Morgan fingerprint density at radius 2 is 1.50 bits per heavy atom. The van der Waals surface area contributed by atoms with Crippen molar-refractivity contribution in [1.29, 1.82) is 0 Å². The third kappa shape index (κ3) is 5.71. The molecule has 0 aliphatic heterocycles. The summed E-state index contributed by atoms with van der Waals surface area (Å²) in [6, 6.07) is 23.8. The summed E-state index contributed by atoms with van der Waals surface area (Å²) < 4.78 is 11.2. The molecule has 0 atom stereocenters. The Hall–Kier alpha value is -3.60. The maximum absolute atomic E-state index is 12.0. The van der Waals surface area contributed by atoms with Gasteiger partial charge in [0.05, 0.1) is 0 Å². The quantitative estimate of drug-likeness (QED) is 0.590. The summed E-state index contributed by atoms with van der Waals surface area (Å²) in [6.45, 7) is 1.84. The summed E-state index contributed by atoms with van der Waals surface area (Å²) in [6.07, 6.45) is 0. The fraction of sp³-hybridized carbons (Fsp3) is 0.130. The molecule has 1 N–H and O–H groups in total. The van der Waals surface area contributed by atoms with Gasteiger partial charge in [0.15, 0.2) is 12.4 Å². The van der Waals surface area contributed by atoms with E-state index in [-0.39, 0.29) is 18.3 Å². The highest BCUT2D eigenvalue weighted by molar-refractivity contribution is 5.97. The van der Waals surface area contributed by atoms with Crippen LogP contribution in [0.2, 0.25) is 0 Å². The van der Waals surface area contributed by atoms with Crippen molar-refractivity contribution in [2.75, 3.05) is 11.9 Å². The Bertz CT molecular complexity index is 936. The van der Waals surface area contributed by atoms with E-state index in [1.54, 1.807) is 48.5 Å². The highest BCUT2D eigenvalue weighted by Crippen LogP contribution is 2.19. The third-order valence-corrected chi connectivity index (χ3v) is 3.99. The smallest absolute Gasteiger partial charge is 0.262 e. The maximum Gasteiger partial charge on any atom is 0.262 e. The Balaban J connectivity index is 1.47. The van der Waals surface area contributed by atoms with E-state index in [0.717, 1.165) is 11.3 Å². The zero-order valence-electron chi connectivity index (χ0n) is 15.6. The molecule has 0 unspecified atom stereocenters. The van der Waals surface area contributed by atoms with Crippen LogP contribution in [-0.2, 0) is 11.4 Å². The van der Waals surface area contributed by atoms with Crippen LogP contribution < -0.4 is 14.8 Å². The molecule has 1 amide bonds. The van der Waals surface area contributed by atoms with E-state index in [1.165, 1.54) is 6.92 Å². The molecule has 0 aliphatic carbocycles. The van der Waals surface area contributed by atoms with Crippen molar-refractivity contribution in [1.82, 2.24) is 0 Å². The minimum atomic E-state index is -0.301. The van der Waals surface area contributed by atoms with Gasteiger partial charge in [0.1, 0.15) is 18.1 Å². The van der Waals surface area contributed by atoms with E-state index in [9.17, 15) is 9.59 Å². The predicted molar refractivity (Wildman–Crippen MR) is 108 cm³/mol. The normalized spacial score (nSPS) is 10.2. The van der Waals surface area contributed by atoms with Crippen LogP contribution in [0.25, 0.3) is 0 Å². The second-order valence-electron chi connectivity index (χ2n) is 6.22. The molecule has 0 radical (unpaired) electrons. The molecule has 3 rings (SSSR count). The van der Waals surface area contributed by atoms with Gasteiger partial charge in [-0.05, 0) is 48.9 Å². The summed E-state index contributed by atoms with van der Waals surface area (Å²) in [5.74, 6) is 0.938. The van der Waals surface area contributed by atoms with E-state index in [0.29, 0.717) is 23.6 Å². The van der Waals surface area contributed by atoms with Crippen LogP contribution in [0.15, 0.2) is 78.9 Å². The Morgan fingerprint density at radius 1 is 0.821 bits per heavy atom. The minimum Gasteiger partial charge on any atom is -0.489 e. The molecule has 0 aromatic heterocycles. The molecule has 3 aromatic carbocycles. The van der Waals surface area contributed by atoms with E-state index in [1.807, 2.05) is 30.3 Å². The largest absolute Gasteiger partial charge is 0.489 e. The molecule has 0 saturated carbocycles. The van der Waals surface area contributed by atoms with Gasteiger partial charge in [-0.15, -0.1) is 0 Å². The van der Waals surface area contributed by atoms with E-state index in [4.69, 9.17) is 9.47 Å². The van der Waals surface area contributed by atoms with Crippen molar-refractivity contribution < 1.29 is 19.1 Å². The molecule has 5 nitrogen and oxygen atoms in total. The number of benzene rings is 3. The number of ketones is 1. The lowest BCUT2D eigenvalue weighted by atomic mass is 10.1. The van der Waals surface area contributed by atoms with Crippen LogP contribution in [0.4, 0.5) is 5.69 Å². The van der Waals surface area contributed by atoms with Gasteiger partial charge in [0, 0.05) is 11.3 Å². The van der Waals surface area contributed by atoms with E-state index < -0.39 is 0 Å². The maximum atomic E-state index is 12.0. The molecular formula is C23H21NO4. The first-order chi connectivity index (χ1) is 13.6. The van der Waals surface area contributed by atoms with Gasteiger partial charge in [0.2, 0.25) is 0 Å². The van der Waals surface area contributed by atoms with Crippen LogP contribution in [0, 0.1) is 0 Å². The predicted octanol–water partition coefficient (Wildman–Crippen LogP) is 4.49. The Labute approximate surface area is 163 Å². The second kappa shape index (κ2) is 9.37.